The smallest absolute Gasteiger partial charge is 0.272 e. The molecule has 1 saturated heterocycles. The Hall–Kier alpha value is -3.82. The summed E-state index contributed by atoms with van der Waals surface area (Å²) in [5.74, 6) is 0.00511. The molecule has 2 aliphatic heterocycles. The maximum atomic E-state index is 14.3. The van der Waals surface area contributed by atoms with Crippen molar-refractivity contribution in [2.24, 2.45) is 0 Å². The second-order valence-corrected chi connectivity index (χ2v) is 7.76. The van der Waals surface area contributed by atoms with Crippen LogP contribution in [0.15, 0.2) is 43.0 Å². The van der Waals surface area contributed by atoms with Gasteiger partial charge in [0.1, 0.15) is 23.1 Å². The molecule has 1 N–H and O–H groups in total. The molecule has 1 amide bonds. The number of fused-ring (bicyclic) bond motifs is 2. The molecule has 1 unspecified atom stereocenters. The first-order chi connectivity index (χ1) is 15.2. The molecule has 0 radical (unpaired) electrons. The number of carbonyl (C=O) groups is 1. The third-order valence-electron chi connectivity index (χ3n) is 5.94. The van der Waals surface area contributed by atoms with E-state index in [-0.39, 0.29) is 11.7 Å². The van der Waals surface area contributed by atoms with Crippen molar-refractivity contribution < 1.29 is 9.18 Å². The van der Waals surface area contributed by atoms with Gasteiger partial charge in [0.2, 0.25) is 5.95 Å². The molecule has 10 heteroatoms. The van der Waals surface area contributed by atoms with Crippen LogP contribution in [0.3, 0.4) is 0 Å². The number of pyridine rings is 1. The number of anilines is 1. The van der Waals surface area contributed by atoms with E-state index in [2.05, 4.69) is 25.0 Å². The Balaban J connectivity index is 1.44. The van der Waals surface area contributed by atoms with Crippen molar-refractivity contribution in [2.75, 3.05) is 24.5 Å². The first-order valence-corrected chi connectivity index (χ1v) is 10.2. The summed E-state index contributed by atoms with van der Waals surface area (Å²) in [7, 11) is 0. The van der Waals surface area contributed by atoms with Crippen LogP contribution in [0.25, 0.3) is 5.52 Å². The molecule has 0 spiro atoms. The van der Waals surface area contributed by atoms with E-state index in [0.29, 0.717) is 29.4 Å². The largest absolute Gasteiger partial charge is 0.348 e. The lowest BCUT2D eigenvalue weighted by atomic mass is 10.00. The number of rotatable bonds is 3. The zero-order valence-corrected chi connectivity index (χ0v) is 16.6. The Morgan fingerprint density at radius 1 is 1.19 bits per heavy atom. The van der Waals surface area contributed by atoms with Gasteiger partial charge in [-0.3, -0.25) is 4.79 Å². The standard InChI is InChI=1S/C21H19FN8O/c22-13-3-1-9-30-17(13)11-16(27-30)19-18-14(24-12-25-18)5-10-29(19)21-23-6-4-15(26-21)20(31)28-7-2-8-28/h1,3-4,6,9,11-12,19H,2,5,7-8,10H2,(H,24,25). The molecule has 6 heterocycles. The van der Waals surface area contributed by atoms with Crippen molar-refractivity contribution in [2.45, 2.75) is 18.9 Å². The van der Waals surface area contributed by atoms with Gasteiger partial charge in [0, 0.05) is 44.1 Å². The van der Waals surface area contributed by atoms with Crippen LogP contribution in [0.4, 0.5) is 10.3 Å². The number of hydrogen-bond donors (Lipinski definition) is 1. The number of aromatic amines is 1. The summed E-state index contributed by atoms with van der Waals surface area (Å²) in [6.45, 7) is 2.12. The number of nitrogens with zero attached hydrogens (tertiary/aromatic N) is 7. The Labute approximate surface area is 176 Å². The average Bonchev–Trinajstić information content (AvgIpc) is 3.39. The summed E-state index contributed by atoms with van der Waals surface area (Å²) >= 11 is 0. The van der Waals surface area contributed by atoms with Crippen LogP contribution >= 0.6 is 0 Å². The van der Waals surface area contributed by atoms with E-state index < -0.39 is 6.04 Å². The van der Waals surface area contributed by atoms with Gasteiger partial charge in [0.15, 0.2) is 0 Å². The molecule has 2 aliphatic rings. The fourth-order valence-corrected chi connectivity index (χ4v) is 4.21. The fourth-order valence-electron chi connectivity index (χ4n) is 4.21. The molecule has 31 heavy (non-hydrogen) atoms. The van der Waals surface area contributed by atoms with Gasteiger partial charge in [0.25, 0.3) is 5.91 Å². The highest BCUT2D eigenvalue weighted by atomic mass is 19.1. The Morgan fingerprint density at radius 3 is 2.90 bits per heavy atom. The highest BCUT2D eigenvalue weighted by Gasteiger charge is 2.35. The van der Waals surface area contributed by atoms with Crippen molar-refractivity contribution in [3.05, 3.63) is 71.6 Å². The third kappa shape index (κ3) is 2.86. The maximum absolute atomic E-state index is 14.3. The minimum absolute atomic E-state index is 0.0845. The summed E-state index contributed by atoms with van der Waals surface area (Å²) in [6, 6.07) is 6.00. The van der Waals surface area contributed by atoms with E-state index in [0.717, 1.165) is 37.3 Å². The van der Waals surface area contributed by atoms with Crippen molar-refractivity contribution in [1.29, 1.82) is 0 Å². The SMILES string of the molecule is O=C(c1ccnc(N2CCc3[nH]cnc3C2c2cc3c(F)cccn3n2)n1)N1CCC1. The van der Waals surface area contributed by atoms with Crippen LogP contribution < -0.4 is 4.90 Å². The van der Waals surface area contributed by atoms with Crippen LogP contribution in [0, 0.1) is 5.82 Å². The summed E-state index contributed by atoms with van der Waals surface area (Å²) < 4.78 is 15.8. The molecule has 1 atom stereocenters. The topological polar surface area (TPSA) is 95.3 Å². The van der Waals surface area contributed by atoms with Crippen molar-refractivity contribution in [3.8, 4) is 0 Å². The number of amides is 1. The Bertz CT molecular complexity index is 1290. The number of aromatic nitrogens is 6. The van der Waals surface area contributed by atoms with Gasteiger partial charge in [-0.1, -0.05) is 0 Å². The number of nitrogens with one attached hydrogen (secondary N) is 1. The lowest BCUT2D eigenvalue weighted by molar-refractivity contribution is 0.0645. The van der Waals surface area contributed by atoms with Crippen LogP contribution in [0.5, 0.6) is 0 Å². The van der Waals surface area contributed by atoms with Gasteiger partial charge >= 0.3 is 0 Å². The van der Waals surface area contributed by atoms with Crippen LogP contribution in [0.2, 0.25) is 0 Å². The predicted molar refractivity (Wildman–Crippen MR) is 109 cm³/mol. The van der Waals surface area contributed by atoms with Gasteiger partial charge in [-0.15, -0.1) is 0 Å². The van der Waals surface area contributed by atoms with E-state index in [1.807, 2.05) is 4.90 Å². The molecule has 0 aliphatic carbocycles. The van der Waals surface area contributed by atoms with E-state index in [1.54, 1.807) is 41.8 Å². The molecule has 1 fully saturated rings. The summed E-state index contributed by atoms with van der Waals surface area (Å²) in [4.78, 5) is 33.2. The van der Waals surface area contributed by atoms with Gasteiger partial charge in [-0.2, -0.15) is 5.10 Å². The Kier molecular flexibility index (Phi) is 3.98. The highest BCUT2D eigenvalue weighted by molar-refractivity contribution is 5.93. The van der Waals surface area contributed by atoms with Gasteiger partial charge < -0.3 is 14.8 Å². The molecule has 6 rings (SSSR count). The monoisotopic (exact) mass is 418 g/mol. The summed E-state index contributed by atoms with van der Waals surface area (Å²) in [6.07, 6.45) is 6.72. The van der Waals surface area contributed by atoms with Crippen LogP contribution in [-0.2, 0) is 6.42 Å². The fraction of sp³-hybridized carbons (Fsp3) is 0.286. The maximum Gasteiger partial charge on any atom is 0.272 e. The van der Waals surface area contributed by atoms with Crippen molar-refractivity contribution >= 4 is 17.4 Å². The lowest BCUT2D eigenvalue weighted by Gasteiger charge is -2.34. The third-order valence-corrected chi connectivity index (χ3v) is 5.94. The molecule has 4 aromatic rings. The van der Waals surface area contributed by atoms with Crippen LogP contribution in [-0.4, -0.2) is 60.0 Å². The predicted octanol–water partition coefficient (Wildman–Crippen LogP) is 1.98. The lowest BCUT2D eigenvalue weighted by Crippen LogP contribution is -2.43. The molecular formula is C21H19FN8O. The normalized spacial score (nSPS) is 18.2. The number of likely N-dealkylation sites (tertiary alicyclic amines) is 1. The minimum atomic E-state index is -0.399. The van der Waals surface area contributed by atoms with Gasteiger partial charge in [-0.05, 0) is 30.7 Å². The first-order valence-electron chi connectivity index (χ1n) is 10.2. The number of carbonyl (C=O) groups excluding carboxylic acids is 1. The second-order valence-electron chi connectivity index (χ2n) is 7.76. The minimum Gasteiger partial charge on any atom is -0.348 e. The first kappa shape index (κ1) is 18.0. The van der Waals surface area contributed by atoms with E-state index in [1.165, 1.54) is 10.6 Å². The number of halogens is 1. The van der Waals surface area contributed by atoms with Gasteiger partial charge in [0.05, 0.1) is 17.7 Å². The zero-order valence-electron chi connectivity index (χ0n) is 16.6. The van der Waals surface area contributed by atoms with E-state index in [4.69, 9.17) is 0 Å². The highest BCUT2D eigenvalue weighted by Crippen LogP contribution is 2.35. The summed E-state index contributed by atoms with van der Waals surface area (Å²) in [5.41, 5.74) is 3.21. The zero-order chi connectivity index (χ0) is 20.9. The molecule has 0 bridgehead atoms. The number of imidazole rings is 1. The summed E-state index contributed by atoms with van der Waals surface area (Å²) in [5, 5.41) is 4.61. The Morgan fingerprint density at radius 2 is 2.10 bits per heavy atom. The van der Waals surface area contributed by atoms with E-state index >= 15 is 0 Å². The van der Waals surface area contributed by atoms with Gasteiger partial charge in [-0.25, -0.2) is 23.9 Å². The molecule has 4 aromatic heterocycles. The van der Waals surface area contributed by atoms with Crippen molar-refractivity contribution in [1.82, 2.24) is 34.4 Å². The molecule has 0 saturated carbocycles. The number of H-pyrrole nitrogens is 1. The quantitative estimate of drug-likeness (QED) is 0.547. The molecule has 9 nitrogen and oxygen atoms in total. The number of hydrogen-bond acceptors (Lipinski definition) is 6. The average molecular weight is 418 g/mol. The van der Waals surface area contributed by atoms with E-state index in [9.17, 15) is 9.18 Å². The molecular weight excluding hydrogens is 399 g/mol. The van der Waals surface area contributed by atoms with Crippen molar-refractivity contribution in [3.63, 3.8) is 0 Å². The van der Waals surface area contributed by atoms with Crippen LogP contribution in [0.1, 0.15) is 40.0 Å². The second kappa shape index (κ2) is 6.86. The molecule has 0 aromatic carbocycles. The molecule has 156 valence electrons.